The molecule has 5 nitrogen and oxygen atoms in total. The van der Waals surface area contributed by atoms with E-state index in [1.54, 1.807) is 4.90 Å². The van der Waals surface area contributed by atoms with Crippen molar-refractivity contribution in [2.75, 3.05) is 4.90 Å². The van der Waals surface area contributed by atoms with E-state index in [4.69, 9.17) is 0 Å². The summed E-state index contributed by atoms with van der Waals surface area (Å²) in [5.41, 5.74) is 4.30. The van der Waals surface area contributed by atoms with Crippen molar-refractivity contribution in [3.63, 3.8) is 0 Å². The Balaban J connectivity index is 1.84. The first kappa shape index (κ1) is 24.1. The van der Waals surface area contributed by atoms with Crippen LogP contribution in [0.1, 0.15) is 75.2 Å². The number of aromatic nitrogens is 1. The minimum absolute atomic E-state index is 0.134. The molecule has 3 aromatic rings. The summed E-state index contributed by atoms with van der Waals surface area (Å²) in [6.07, 6.45) is 5.43. The monoisotopic (exact) mass is 475 g/mol. The highest BCUT2D eigenvalue weighted by Crippen LogP contribution is 2.34. The molecule has 1 atom stereocenters. The highest BCUT2D eigenvalue weighted by Gasteiger charge is 2.36. The average Bonchev–Trinajstić information content (AvgIpc) is 3.16. The molecule has 2 amide bonds. The van der Waals surface area contributed by atoms with Crippen molar-refractivity contribution in [2.45, 2.75) is 71.9 Å². The molecule has 2 aromatic carbocycles. The Morgan fingerprint density at radius 1 is 1.00 bits per heavy atom. The fraction of sp³-hybridized carbons (Fsp3) is 0.393. The molecule has 1 aromatic heterocycles. The molecule has 34 heavy (non-hydrogen) atoms. The molecule has 1 heterocycles. The molecule has 178 valence electrons. The van der Waals surface area contributed by atoms with Gasteiger partial charge in [0.25, 0.3) is 5.91 Å². The third kappa shape index (κ3) is 5.22. The van der Waals surface area contributed by atoms with Gasteiger partial charge < -0.3 is 5.32 Å². The number of hydrogen-bond acceptors (Lipinski definition) is 4. The molecule has 4 rings (SSSR count). The number of aryl methyl sites for hydroxylation is 4. The Hall–Kier alpha value is -2.99. The second-order valence-corrected chi connectivity index (χ2v) is 10.5. The lowest BCUT2D eigenvalue weighted by molar-refractivity contribution is -0.123. The number of benzene rings is 2. The lowest BCUT2D eigenvalue weighted by atomic mass is 9.94. The SMILES string of the molecule is Cc1ccc(N(C(=O)c2sc(C)nc2C)C(C(=O)NC2CCCCC2)c2ccccc2)c(C)c1. The summed E-state index contributed by atoms with van der Waals surface area (Å²) in [5, 5.41) is 4.12. The van der Waals surface area contributed by atoms with Gasteiger partial charge in [0.1, 0.15) is 10.9 Å². The molecule has 1 aliphatic rings. The molecule has 1 fully saturated rings. The van der Waals surface area contributed by atoms with Crippen molar-refractivity contribution >= 4 is 28.8 Å². The average molecular weight is 476 g/mol. The molecule has 1 aliphatic carbocycles. The van der Waals surface area contributed by atoms with Crippen molar-refractivity contribution in [3.05, 3.63) is 80.8 Å². The number of amides is 2. The van der Waals surface area contributed by atoms with E-state index in [9.17, 15) is 9.59 Å². The van der Waals surface area contributed by atoms with Crippen LogP contribution < -0.4 is 10.2 Å². The Morgan fingerprint density at radius 2 is 1.71 bits per heavy atom. The highest BCUT2D eigenvalue weighted by atomic mass is 32.1. The number of rotatable bonds is 6. The maximum atomic E-state index is 14.1. The molecular weight excluding hydrogens is 442 g/mol. The van der Waals surface area contributed by atoms with Gasteiger partial charge in [0, 0.05) is 11.7 Å². The van der Waals surface area contributed by atoms with Gasteiger partial charge in [0.05, 0.1) is 10.7 Å². The Labute approximate surface area is 206 Å². The molecule has 0 bridgehead atoms. The largest absolute Gasteiger partial charge is 0.351 e. The van der Waals surface area contributed by atoms with E-state index >= 15 is 0 Å². The Morgan fingerprint density at radius 3 is 2.32 bits per heavy atom. The number of nitrogens with zero attached hydrogens (tertiary/aromatic N) is 2. The van der Waals surface area contributed by atoms with Gasteiger partial charge in [-0.1, -0.05) is 67.3 Å². The summed E-state index contributed by atoms with van der Waals surface area (Å²) in [6.45, 7) is 7.79. The first-order valence-electron chi connectivity index (χ1n) is 12.1. The van der Waals surface area contributed by atoms with Crippen LogP contribution in [-0.4, -0.2) is 22.8 Å². The second kappa shape index (κ2) is 10.5. The summed E-state index contributed by atoms with van der Waals surface area (Å²) >= 11 is 1.38. The summed E-state index contributed by atoms with van der Waals surface area (Å²) < 4.78 is 0. The number of carbonyl (C=O) groups is 2. The van der Waals surface area contributed by atoms with E-state index in [1.807, 2.05) is 70.2 Å². The predicted octanol–water partition coefficient (Wildman–Crippen LogP) is 6.21. The van der Waals surface area contributed by atoms with Crippen LogP contribution in [0.25, 0.3) is 0 Å². The summed E-state index contributed by atoms with van der Waals surface area (Å²) in [5.74, 6) is -0.326. The third-order valence-electron chi connectivity index (χ3n) is 6.50. The molecule has 0 aliphatic heterocycles. The van der Waals surface area contributed by atoms with Gasteiger partial charge >= 0.3 is 0 Å². The van der Waals surface area contributed by atoms with Crippen LogP contribution in [0.15, 0.2) is 48.5 Å². The van der Waals surface area contributed by atoms with E-state index in [0.717, 1.165) is 53.1 Å². The zero-order chi connectivity index (χ0) is 24.2. The number of nitrogens with one attached hydrogen (secondary N) is 1. The summed E-state index contributed by atoms with van der Waals surface area (Å²) in [6, 6.07) is 15.0. The quantitative estimate of drug-likeness (QED) is 0.461. The zero-order valence-corrected chi connectivity index (χ0v) is 21.2. The maximum Gasteiger partial charge on any atom is 0.271 e. The summed E-state index contributed by atoms with van der Waals surface area (Å²) in [4.78, 5) is 34.8. The predicted molar refractivity (Wildman–Crippen MR) is 139 cm³/mol. The molecule has 0 saturated heterocycles. The zero-order valence-electron chi connectivity index (χ0n) is 20.4. The molecule has 0 spiro atoms. The molecular formula is C28H33N3O2S. The maximum absolute atomic E-state index is 14.1. The van der Waals surface area contributed by atoms with Gasteiger partial charge in [-0.3, -0.25) is 14.5 Å². The van der Waals surface area contributed by atoms with Crippen molar-refractivity contribution in [2.24, 2.45) is 0 Å². The van der Waals surface area contributed by atoms with Gasteiger partial charge in [-0.2, -0.15) is 0 Å². The third-order valence-corrected chi connectivity index (χ3v) is 7.56. The smallest absolute Gasteiger partial charge is 0.271 e. The minimum Gasteiger partial charge on any atom is -0.351 e. The van der Waals surface area contributed by atoms with Crippen molar-refractivity contribution in [3.8, 4) is 0 Å². The van der Waals surface area contributed by atoms with Crippen LogP contribution in [0.5, 0.6) is 0 Å². The van der Waals surface area contributed by atoms with Crippen LogP contribution >= 0.6 is 11.3 Å². The van der Waals surface area contributed by atoms with Gasteiger partial charge in [-0.05, 0) is 57.7 Å². The first-order valence-corrected chi connectivity index (χ1v) is 12.9. The van der Waals surface area contributed by atoms with Crippen molar-refractivity contribution < 1.29 is 9.59 Å². The second-order valence-electron chi connectivity index (χ2n) is 9.27. The molecule has 0 radical (unpaired) electrons. The van der Waals surface area contributed by atoms with Crippen LogP contribution in [0.4, 0.5) is 5.69 Å². The molecule has 1 N–H and O–H groups in total. The van der Waals surface area contributed by atoms with E-state index in [-0.39, 0.29) is 17.9 Å². The van der Waals surface area contributed by atoms with Crippen LogP contribution in [0, 0.1) is 27.7 Å². The fourth-order valence-electron chi connectivity index (χ4n) is 4.86. The van der Waals surface area contributed by atoms with E-state index in [2.05, 4.69) is 16.4 Å². The fourth-order valence-corrected chi connectivity index (χ4v) is 5.72. The summed E-state index contributed by atoms with van der Waals surface area (Å²) in [7, 11) is 0. The number of carbonyl (C=O) groups excluding carboxylic acids is 2. The van der Waals surface area contributed by atoms with Gasteiger partial charge in [0.15, 0.2) is 0 Å². The lowest BCUT2D eigenvalue weighted by Gasteiger charge is -2.34. The topological polar surface area (TPSA) is 62.3 Å². The molecule has 6 heteroatoms. The van der Waals surface area contributed by atoms with Crippen LogP contribution in [-0.2, 0) is 4.79 Å². The van der Waals surface area contributed by atoms with Gasteiger partial charge in [-0.25, -0.2) is 4.98 Å². The van der Waals surface area contributed by atoms with Gasteiger partial charge in [-0.15, -0.1) is 11.3 Å². The number of thiazole rings is 1. The Bertz CT molecular complexity index is 1170. The number of hydrogen-bond donors (Lipinski definition) is 1. The van der Waals surface area contributed by atoms with E-state index in [1.165, 1.54) is 17.8 Å². The van der Waals surface area contributed by atoms with Crippen LogP contribution in [0.3, 0.4) is 0 Å². The normalized spacial score (nSPS) is 15.1. The van der Waals surface area contributed by atoms with Crippen LogP contribution in [0.2, 0.25) is 0 Å². The van der Waals surface area contributed by atoms with Gasteiger partial charge in [0.2, 0.25) is 5.91 Å². The molecule has 1 unspecified atom stereocenters. The van der Waals surface area contributed by atoms with E-state index in [0.29, 0.717) is 10.6 Å². The van der Waals surface area contributed by atoms with E-state index < -0.39 is 6.04 Å². The lowest BCUT2D eigenvalue weighted by Crippen LogP contribution is -2.47. The standard InChI is InChI=1S/C28H33N3O2S/c1-18-15-16-24(19(2)17-18)31(28(33)26-20(3)29-21(4)34-26)25(22-11-7-5-8-12-22)27(32)30-23-13-9-6-10-14-23/h5,7-8,11-12,15-17,23,25H,6,9-10,13-14H2,1-4H3,(H,30,32). The van der Waals surface area contributed by atoms with Crippen molar-refractivity contribution in [1.29, 1.82) is 0 Å². The highest BCUT2D eigenvalue weighted by molar-refractivity contribution is 7.13. The van der Waals surface area contributed by atoms with Crippen molar-refractivity contribution in [1.82, 2.24) is 10.3 Å². The number of anilines is 1. The first-order chi connectivity index (χ1) is 16.3. The Kier molecular flexibility index (Phi) is 7.47. The minimum atomic E-state index is -0.779. The molecule has 1 saturated carbocycles.